The summed E-state index contributed by atoms with van der Waals surface area (Å²) < 4.78 is 40.4. The van der Waals surface area contributed by atoms with E-state index >= 15 is 0 Å². The van der Waals surface area contributed by atoms with Crippen molar-refractivity contribution in [3.63, 3.8) is 0 Å². The van der Waals surface area contributed by atoms with Gasteiger partial charge < -0.3 is 5.32 Å². The number of rotatable bonds is 5. The molecule has 20 heavy (non-hydrogen) atoms. The third-order valence-corrected chi connectivity index (χ3v) is 4.29. The standard InChI is InChI=1S/C15H16F3NS/c1-3-6-19-9(2)13-4-5-14(20-13)15-11(17)7-10(16)8-12(15)18/h4-5,7-9,19H,3,6H2,1-2H3. The van der Waals surface area contributed by atoms with E-state index in [1.165, 1.54) is 11.3 Å². The number of benzene rings is 1. The Morgan fingerprint density at radius 1 is 1.15 bits per heavy atom. The molecule has 108 valence electrons. The number of halogens is 3. The summed E-state index contributed by atoms with van der Waals surface area (Å²) in [6, 6.07) is 5.05. The molecule has 5 heteroatoms. The van der Waals surface area contributed by atoms with Gasteiger partial charge in [0.05, 0.1) is 5.56 Å². The zero-order valence-corrected chi connectivity index (χ0v) is 12.2. The molecule has 0 bridgehead atoms. The zero-order chi connectivity index (χ0) is 14.7. The van der Waals surface area contributed by atoms with Crippen LogP contribution in [-0.2, 0) is 0 Å². The molecule has 0 saturated heterocycles. The molecular weight excluding hydrogens is 283 g/mol. The fourth-order valence-electron chi connectivity index (χ4n) is 1.96. The second kappa shape index (κ2) is 6.41. The topological polar surface area (TPSA) is 12.0 Å². The SMILES string of the molecule is CCCNC(C)c1ccc(-c2c(F)cc(F)cc2F)s1. The molecule has 1 heterocycles. The predicted molar refractivity (Wildman–Crippen MR) is 76.3 cm³/mol. The number of hydrogen-bond acceptors (Lipinski definition) is 2. The first-order valence-electron chi connectivity index (χ1n) is 6.51. The van der Waals surface area contributed by atoms with Crippen LogP contribution >= 0.6 is 11.3 Å². The smallest absolute Gasteiger partial charge is 0.137 e. The zero-order valence-electron chi connectivity index (χ0n) is 11.3. The van der Waals surface area contributed by atoms with E-state index in [0.717, 1.165) is 17.8 Å². The normalized spacial score (nSPS) is 12.7. The minimum absolute atomic E-state index is 0.125. The fraction of sp³-hybridized carbons (Fsp3) is 0.333. The molecule has 0 spiro atoms. The van der Waals surface area contributed by atoms with E-state index in [1.807, 2.05) is 13.0 Å². The molecule has 1 aromatic heterocycles. The van der Waals surface area contributed by atoms with Crippen LogP contribution < -0.4 is 5.32 Å². The first kappa shape index (κ1) is 15.1. The third kappa shape index (κ3) is 3.22. The van der Waals surface area contributed by atoms with Crippen molar-refractivity contribution in [2.45, 2.75) is 26.3 Å². The predicted octanol–water partition coefficient (Wildman–Crippen LogP) is 4.89. The Kier molecular flexibility index (Phi) is 4.83. The van der Waals surface area contributed by atoms with E-state index in [1.54, 1.807) is 6.07 Å². The Labute approximate surface area is 120 Å². The van der Waals surface area contributed by atoms with Crippen molar-refractivity contribution in [1.82, 2.24) is 5.32 Å². The Balaban J connectivity index is 2.29. The maximum atomic E-state index is 13.7. The summed E-state index contributed by atoms with van der Waals surface area (Å²) in [7, 11) is 0. The van der Waals surface area contributed by atoms with Crippen molar-refractivity contribution in [1.29, 1.82) is 0 Å². The molecule has 1 aromatic carbocycles. The monoisotopic (exact) mass is 299 g/mol. The van der Waals surface area contributed by atoms with Gasteiger partial charge in [-0.1, -0.05) is 6.92 Å². The molecule has 0 amide bonds. The van der Waals surface area contributed by atoms with Crippen LogP contribution in [0.25, 0.3) is 10.4 Å². The first-order chi connectivity index (χ1) is 9.52. The Morgan fingerprint density at radius 3 is 2.40 bits per heavy atom. The summed E-state index contributed by atoms with van der Waals surface area (Å²) in [6.07, 6.45) is 1.02. The van der Waals surface area contributed by atoms with E-state index in [9.17, 15) is 13.2 Å². The van der Waals surface area contributed by atoms with Gasteiger partial charge in [-0.3, -0.25) is 0 Å². The quantitative estimate of drug-likeness (QED) is 0.828. The van der Waals surface area contributed by atoms with Crippen LogP contribution in [0.2, 0.25) is 0 Å². The van der Waals surface area contributed by atoms with Crippen LogP contribution in [0.1, 0.15) is 31.2 Å². The van der Waals surface area contributed by atoms with Gasteiger partial charge >= 0.3 is 0 Å². The Bertz CT molecular complexity index is 572. The second-order valence-electron chi connectivity index (χ2n) is 4.62. The van der Waals surface area contributed by atoms with Gasteiger partial charge in [-0.15, -0.1) is 11.3 Å². The molecule has 0 fully saturated rings. The van der Waals surface area contributed by atoms with Crippen LogP contribution in [0, 0.1) is 17.5 Å². The molecule has 0 aliphatic heterocycles. The molecule has 1 nitrogen and oxygen atoms in total. The molecule has 1 atom stereocenters. The van der Waals surface area contributed by atoms with Crippen LogP contribution in [0.15, 0.2) is 24.3 Å². The summed E-state index contributed by atoms with van der Waals surface area (Å²) >= 11 is 1.31. The molecule has 0 aliphatic rings. The highest BCUT2D eigenvalue weighted by atomic mass is 32.1. The van der Waals surface area contributed by atoms with E-state index in [2.05, 4.69) is 12.2 Å². The van der Waals surface area contributed by atoms with Gasteiger partial charge in [0.2, 0.25) is 0 Å². The Hall–Kier alpha value is -1.33. The summed E-state index contributed by atoms with van der Waals surface area (Å²) in [5.74, 6) is -2.64. The van der Waals surface area contributed by atoms with E-state index in [4.69, 9.17) is 0 Å². The van der Waals surface area contributed by atoms with E-state index in [0.29, 0.717) is 17.0 Å². The van der Waals surface area contributed by atoms with Crippen LogP contribution in [0.4, 0.5) is 13.2 Å². The first-order valence-corrected chi connectivity index (χ1v) is 7.32. The van der Waals surface area contributed by atoms with Crippen LogP contribution in [0.5, 0.6) is 0 Å². The third-order valence-electron chi connectivity index (χ3n) is 3.01. The molecule has 1 N–H and O–H groups in total. The van der Waals surface area contributed by atoms with Gasteiger partial charge in [-0.2, -0.15) is 0 Å². The number of thiophene rings is 1. The fourth-order valence-corrected chi connectivity index (χ4v) is 3.04. The lowest BCUT2D eigenvalue weighted by Crippen LogP contribution is -2.18. The van der Waals surface area contributed by atoms with Crippen LogP contribution in [0.3, 0.4) is 0 Å². The molecule has 0 radical (unpaired) electrons. The van der Waals surface area contributed by atoms with Crippen molar-refractivity contribution in [3.8, 4) is 10.4 Å². The molecule has 2 rings (SSSR count). The highest BCUT2D eigenvalue weighted by Gasteiger charge is 2.16. The molecule has 1 unspecified atom stereocenters. The summed E-state index contributed by atoms with van der Waals surface area (Å²) in [5.41, 5.74) is -0.162. The lowest BCUT2D eigenvalue weighted by Gasteiger charge is -2.10. The largest absolute Gasteiger partial charge is 0.309 e. The second-order valence-corrected chi connectivity index (χ2v) is 5.74. The van der Waals surface area contributed by atoms with Crippen molar-refractivity contribution < 1.29 is 13.2 Å². The molecule has 0 saturated carbocycles. The van der Waals surface area contributed by atoms with Gasteiger partial charge in [0, 0.05) is 27.9 Å². The van der Waals surface area contributed by atoms with Crippen molar-refractivity contribution in [2.75, 3.05) is 6.54 Å². The minimum atomic E-state index is -0.904. The van der Waals surface area contributed by atoms with Gasteiger partial charge in [0.1, 0.15) is 17.5 Å². The average molecular weight is 299 g/mol. The minimum Gasteiger partial charge on any atom is -0.309 e. The summed E-state index contributed by atoms with van der Waals surface area (Å²) in [5, 5.41) is 3.31. The number of hydrogen-bond donors (Lipinski definition) is 1. The summed E-state index contributed by atoms with van der Waals surface area (Å²) in [4.78, 5) is 1.47. The van der Waals surface area contributed by atoms with Gasteiger partial charge in [0.25, 0.3) is 0 Å². The van der Waals surface area contributed by atoms with E-state index in [-0.39, 0.29) is 11.6 Å². The summed E-state index contributed by atoms with van der Waals surface area (Å²) in [6.45, 7) is 4.96. The molecule has 2 aromatic rings. The van der Waals surface area contributed by atoms with Gasteiger partial charge in [-0.05, 0) is 32.0 Å². The Morgan fingerprint density at radius 2 is 1.80 bits per heavy atom. The van der Waals surface area contributed by atoms with Gasteiger partial charge in [0.15, 0.2) is 0 Å². The van der Waals surface area contributed by atoms with Crippen LogP contribution in [-0.4, -0.2) is 6.54 Å². The highest BCUT2D eigenvalue weighted by Crippen LogP contribution is 2.34. The van der Waals surface area contributed by atoms with Gasteiger partial charge in [-0.25, -0.2) is 13.2 Å². The van der Waals surface area contributed by atoms with E-state index < -0.39 is 17.5 Å². The maximum Gasteiger partial charge on any atom is 0.137 e. The average Bonchev–Trinajstić information content (AvgIpc) is 2.84. The van der Waals surface area contributed by atoms with Crippen molar-refractivity contribution in [2.24, 2.45) is 0 Å². The maximum absolute atomic E-state index is 13.7. The molecular formula is C15H16F3NS. The highest BCUT2D eigenvalue weighted by molar-refractivity contribution is 7.15. The number of nitrogens with one attached hydrogen (secondary N) is 1. The lowest BCUT2D eigenvalue weighted by molar-refractivity contribution is 0.548. The van der Waals surface area contributed by atoms with Crippen molar-refractivity contribution >= 4 is 11.3 Å². The van der Waals surface area contributed by atoms with Crippen molar-refractivity contribution in [3.05, 3.63) is 46.6 Å². The lowest BCUT2D eigenvalue weighted by atomic mass is 10.1. The molecule has 0 aliphatic carbocycles.